The number of rotatable bonds is 2. The predicted molar refractivity (Wildman–Crippen MR) is 192 cm³/mol. The van der Waals surface area contributed by atoms with Crippen molar-refractivity contribution in [3.63, 3.8) is 0 Å². The van der Waals surface area contributed by atoms with Gasteiger partial charge in [0.05, 0.1) is 64.1 Å². The van der Waals surface area contributed by atoms with Crippen LogP contribution in [0, 0.1) is 0 Å². The molecule has 0 saturated heterocycles. The number of benzene rings is 3. The molecule has 0 atom stereocenters. The highest BCUT2D eigenvalue weighted by molar-refractivity contribution is 8.33. The standard InChI is InChI=1S/C32H16N6O8S4/c1-45-17-19-21(49-29(47-19)15-23-33-13-9-5-3-7-11(13)27(41)37(23)31(43)35-25(15)39)18(46-2)22-20(17)48-30(50-22)16-24-34-14-10-6-4-8-12(14)28(42)38(24)32(44)36-26(16)40/h3-10H,1-2H3,(H,35,39,43)(H,36,40,44). The van der Waals surface area contributed by atoms with Crippen LogP contribution in [0.3, 0.4) is 0 Å². The highest BCUT2D eigenvalue weighted by atomic mass is 32.2. The van der Waals surface area contributed by atoms with Crippen LogP contribution in [0.15, 0.2) is 96.9 Å². The van der Waals surface area contributed by atoms with Crippen LogP contribution in [-0.2, 0) is 0 Å². The predicted octanol–water partition coefficient (Wildman–Crippen LogP) is 1.49. The number of methoxy groups -OCH3 is 2. The number of hydrogen-bond donors (Lipinski definition) is 2. The quantitative estimate of drug-likeness (QED) is 0.243. The highest BCUT2D eigenvalue weighted by Crippen LogP contribution is 2.68. The number of nitrogens with one attached hydrogen (secondary N) is 2. The molecule has 14 nitrogen and oxygen atoms in total. The molecule has 2 aliphatic heterocycles. The summed E-state index contributed by atoms with van der Waals surface area (Å²) in [6.07, 6.45) is 0. The van der Waals surface area contributed by atoms with E-state index in [1.807, 2.05) is 0 Å². The largest absolute Gasteiger partial charge is 0.494 e. The van der Waals surface area contributed by atoms with Crippen LogP contribution in [-0.4, -0.2) is 43.0 Å². The molecule has 18 heteroatoms. The van der Waals surface area contributed by atoms with Gasteiger partial charge in [-0.3, -0.25) is 29.1 Å². The van der Waals surface area contributed by atoms with Crippen molar-refractivity contribution in [2.24, 2.45) is 0 Å². The summed E-state index contributed by atoms with van der Waals surface area (Å²) in [4.78, 5) is 95.3. The van der Waals surface area contributed by atoms with Gasteiger partial charge in [0.2, 0.25) is 0 Å². The summed E-state index contributed by atoms with van der Waals surface area (Å²) < 4.78 is 14.4. The normalized spacial score (nSPS) is 13.9. The van der Waals surface area contributed by atoms with E-state index >= 15 is 0 Å². The van der Waals surface area contributed by atoms with Crippen molar-refractivity contribution >= 4 is 88.6 Å². The Bertz CT molecular complexity index is 2980. The van der Waals surface area contributed by atoms with Crippen LogP contribution in [0.5, 0.6) is 11.5 Å². The van der Waals surface area contributed by atoms with Crippen LogP contribution >= 0.6 is 47.0 Å². The van der Waals surface area contributed by atoms with Crippen LogP contribution in [0.2, 0.25) is 0 Å². The van der Waals surface area contributed by atoms with E-state index in [0.29, 0.717) is 50.6 Å². The third kappa shape index (κ3) is 4.22. The fraction of sp³-hybridized carbons (Fsp3) is 0.0625. The van der Waals surface area contributed by atoms with Gasteiger partial charge in [-0.15, -0.1) is 0 Å². The van der Waals surface area contributed by atoms with Crippen molar-refractivity contribution < 1.29 is 9.47 Å². The number of fused-ring (bicyclic) bond motifs is 6. The van der Waals surface area contributed by atoms with Gasteiger partial charge in [0.25, 0.3) is 22.2 Å². The van der Waals surface area contributed by atoms with Gasteiger partial charge in [0.15, 0.2) is 11.3 Å². The first-order valence-corrected chi connectivity index (χ1v) is 17.7. The Kier molecular flexibility index (Phi) is 6.83. The van der Waals surface area contributed by atoms with Gasteiger partial charge >= 0.3 is 11.4 Å². The molecule has 7 aromatic rings. The molecule has 0 radical (unpaired) electrons. The van der Waals surface area contributed by atoms with Crippen LogP contribution in [0.25, 0.3) is 41.6 Å². The summed E-state index contributed by atoms with van der Waals surface area (Å²) in [6, 6.07) is 13.1. The van der Waals surface area contributed by atoms with Crippen molar-refractivity contribution in [1.29, 1.82) is 0 Å². The van der Waals surface area contributed by atoms with E-state index in [1.165, 1.54) is 61.3 Å². The maximum Gasteiger partial charge on any atom is 0.337 e. The fourth-order valence-corrected chi connectivity index (χ4v) is 11.7. The van der Waals surface area contributed by atoms with Crippen molar-refractivity contribution in [1.82, 2.24) is 28.7 Å². The molecule has 0 fully saturated rings. The summed E-state index contributed by atoms with van der Waals surface area (Å²) in [5, 5.41) is 0.529. The van der Waals surface area contributed by atoms with Gasteiger partial charge in [-0.05, 0) is 24.3 Å². The molecule has 0 aliphatic carbocycles. The van der Waals surface area contributed by atoms with E-state index in [-0.39, 0.29) is 32.5 Å². The number of thioether (sulfide) groups is 4. The number of aromatic amines is 2. The Labute approximate surface area is 292 Å². The molecule has 0 amide bonds. The van der Waals surface area contributed by atoms with Crippen LogP contribution < -0.4 is 53.5 Å². The lowest BCUT2D eigenvalue weighted by atomic mass is 10.2. The Morgan fingerprint density at radius 3 is 1.28 bits per heavy atom. The molecule has 9 rings (SSSR count). The zero-order valence-electron chi connectivity index (χ0n) is 25.3. The lowest BCUT2D eigenvalue weighted by Crippen LogP contribution is -2.43. The number of H-pyrrole nitrogens is 2. The summed E-state index contributed by atoms with van der Waals surface area (Å²) in [7, 11) is 2.97. The van der Waals surface area contributed by atoms with Gasteiger partial charge < -0.3 is 9.47 Å². The highest BCUT2D eigenvalue weighted by Gasteiger charge is 2.38. The fourth-order valence-electron chi connectivity index (χ4n) is 5.96. The minimum absolute atomic E-state index is 0.0370. The Morgan fingerprint density at radius 1 is 0.560 bits per heavy atom. The minimum atomic E-state index is -0.898. The molecule has 2 aliphatic rings. The number of ether oxygens (including phenoxy) is 2. The third-order valence-corrected chi connectivity index (χ3v) is 13.3. The minimum Gasteiger partial charge on any atom is -0.494 e. The van der Waals surface area contributed by atoms with Crippen molar-refractivity contribution in [3.8, 4) is 11.5 Å². The van der Waals surface area contributed by atoms with E-state index in [4.69, 9.17) is 9.47 Å². The van der Waals surface area contributed by atoms with Gasteiger partial charge in [0.1, 0.15) is 21.9 Å². The summed E-state index contributed by atoms with van der Waals surface area (Å²) in [5.41, 5.74) is -3.95. The maximum absolute atomic E-state index is 13.4. The molecule has 50 heavy (non-hydrogen) atoms. The van der Waals surface area contributed by atoms with Gasteiger partial charge in [-0.2, -0.15) is 0 Å². The Hall–Kier alpha value is -5.30. The van der Waals surface area contributed by atoms with Gasteiger partial charge in [0, 0.05) is 0 Å². The first-order valence-electron chi connectivity index (χ1n) is 14.5. The van der Waals surface area contributed by atoms with E-state index in [2.05, 4.69) is 19.9 Å². The number of aromatic nitrogens is 6. The van der Waals surface area contributed by atoms with Gasteiger partial charge in [-0.25, -0.2) is 28.4 Å². The van der Waals surface area contributed by atoms with E-state index in [9.17, 15) is 28.8 Å². The van der Waals surface area contributed by atoms with E-state index < -0.39 is 33.6 Å². The first kappa shape index (κ1) is 30.7. The number of para-hydroxylation sites is 2. The summed E-state index contributed by atoms with van der Waals surface area (Å²) in [6.45, 7) is 0. The molecular formula is C32H16N6O8S4. The molecular weight excluding hydrogens is 725 g/mol. The average Bonchev–Trinajstić information content (AvgIpc) is 3.72. The Balaban J connectivity index is 1.29. The van der Waals surface area contributed by atoms with E-state index in [1.54, 1.807) is 48.5 Å². The molecule has 0 bridgehead atoms. The lowest BCUT2D eigenvalue weighted by molar-refractivity contribution is 0.365. The van der Waals surface area contributed by atoms with Crippen LogP contribution in [0.4, 0.5) is 0 Å². The van der Waals surface area contributed by atoms with Crippen LogP contribution in [0.1, 0.15) is 0 Å². The first-order chi connectivity index (χ1) is 24.2. The van der Waals surface area contributed by atoms with Crippen molar-refractivity contribution in [2.75, 3.05) is 14.2 Å². The lowest BCUT2D eigenvalue weighted by Gasteiger charge is -2.14. The number of nitrogens with zero attached hydrogens (tertiary/aromatic N) is 4. The van der Waals surface area contributed by atoms with Crippen molar-refractivity contribution in [2.45, 2.75) is 19.6 Å². The summed E-state index contributed by atoms with van der Waals surface area (Å²) in [5.74, 6) is 0.841. The second kappa shape index (κ2) is 11.1. The van der Waals surface area contributed by atoms with E-state index in [0.717, 1.165) is 8.80 Å². The zero-order chi connectivity index (χ0) is 34.6. The number of hydrogen-bond acceptors (Lipinski definition) is 14. The smallest absolute Gasteiger partial charge is 0.337 e. The SMILES string of the molecule is COc1c2c(c(OC)c3c1SC(=c1c(=O)[nH]c(=O)n4c(=O)c5ccccc5nc14)S3)SC(=c1c(=O)[nH]c(=O)n3c(=O)c4ccccc4nc13)S2. The second-order valence-corrected chi connectivity index (χ2v) is 15.4. The molecule has 0 spiro atoms. The average molecular weight is 741 g/mol. The summed E-state index contributed by atoms with van der Waals surface area (Å²) >= 11 is 4.75. The zero-order valence-corrected chi connectivity index (χ0v) is 28.6. The molecule has 0 unspecified atom stereocenters. The molecule has 4 aromatic heterocycles. The second-order valence-electron chi connectivity index (χ2n) is 10.8. The van der Waals surface area contributed by atoms with Gasteiger partial charge in [-0.1, -0.05) is 71.3 Å². The third-order valence-electron chi connectivity index (χ3n) is 8.13. The van der Waals surface area contributed by atoms with Crippen molar-refractivity contribution in [3.05, 3.63) is 121 Å². The maximum atomic E-state index is 13.4. The molecule has 246 valence electrons. The molecule has 6 heterocycles. The molecule has 0 saturated carbocycles. The Morgan fingerprint density at radius 2 is 0.920 bits per heavy atom. The molecule has 3 aromatic carbocycles. The molecule has 2 N–H and O–H groups in total. The topological polar surface area (TPSA) is 187 Å². The monoisotopic (exact) mass is 740 g/mol.